The molecule has 3 nitrogen and oxygen atoms in total. The van der Waals surface area contributed by atoms with Crippen molar-refractivity contribution in [3.8, 4) is 0 Å². The number of halogens is 2. The second-order valence-corrected chi connectivity index (χ2v) is 6.32. The van der Waals surface area contributed by atoms with E-state index in [0.29, 0.717) is 10.0 Å². The lowest BCUT2D eigenvalue weighted by molar-refractivity contribution is 0.140. The van der Waals surface area contributed by atoms with Gasteiger partial charge in [0.15, 0.2) is 0 Å². The highest BCUT2D eigenvalue weighted by molar-refractivity contribution is 6.42. The van der Waals surface area contributed by atoms with Crippen molar-refractivity contribution < 1.29 is 4.74 Å². The van der Waals surface area contributed by atoms with Crippen LogP contribution >= 0.6 is 23.2 Å². The van der Waals surface area contributed by atoms with Gasteiger partial charge in [0.2, 0.25) is 0 Å². The van der Waals surface area contributed by atoms with Crippen molar-refractivity contribution in [1.29, 1.82) is 0 Å². The van der Waals surface area contributed by atoms with Crippen LogP contribution in [0.1, 0.15) is 30.9 Å². The average molecular weight is 331 g/mol. The predicted molar refractivity (Wildman–Crippen MR) is 89.4 cm³/mol. The van der Waals surface area contributed by atoms with Crippen LogP contribution in [0.4, 0.5) is 0 Å². The molecule has 1 atom stereocenters. The quantitative estimate of drug-likeness (QED) is 0.746. The Morgan fingerprint density at radius 2 is 2.10 bits per heavy atom. The molecule has 0 heterocycles. The van der Waals surface area contributed by atoms with Gasteiger partial charge in [-0.25, -0.2) is 0 Å². The number of nitrogens with one attached hydrogen (secondary N) is 1. The summed E-state index contributed by atoms with van der Waals surface area (Å²) >= 11 is 12.5. The maximum Gasteiger partial charge on any atom is 0.0640 e. The lowest BCUT2D eigenvalue weighted by atomic mass is 10.0. The first-order chi connectivity index (χ1) is 10.2. The fourth-order valence-electron chi connectivity index (χ4n) is 2.67. The molecule has 0 saturated heterocycles. The van der Waals surface area contributed by atoms with Crippen LogP contribution in [0, 0.1) is 0 Å². The molecule has 0 bridgehead atoms. The van der Waals surface area contributed by atoms with Gasteiger partial charge < -0.3 is 10.1 Å². The van der Waals surface area contributed by atoms with E-state index in [1.54, 1.807) is 7.11 Å². The van der Waals surface area contributed by atoms with Gasteiger partial charge in [-0.2, -0.15) is 0 Å². The largest absolute Gasteiger partial charge is 0.383 e. The van der Waals surface area contributed by atoms with Crippen molar-refractivity contribution in [2.24, 2.45) is 0 Å². The lowest BCUT2D eigenvalue weighted by Crippen LogP contribution is -2.33. The number of methoxy groups -OCH3 is 1. The van der Waals surface area contributed by atoms with E-state index in [0.717, 1.165) is 37.7 Å². The van der Waals surface area contributed by atoms with Crippen molar-refractivity contribution in [3.63, 3.8) is 0 Å². The highest BCUT2D eigenvalue weighted by Gasteiger charge is 2.29. The molecular weight excluding hydrogens is 307 g/mol. The topological polar surface area (TPSA) is 24.5 Å². The Hall–Kier alpha value is -0.320. The standard InChI is InChI=1S/C16H24Cl2N2O/c1-19-15(13-4-3-5-14(17)16(13)18)8-9-20(10-11-21-2)12-6-7-12/h3-5,12,15,19H,6-11H2,1-2H3. The molecule has 1 unspecified atom stereocenters. The molecule has 1 aromatic carbocycles. The number of hydrogen-bond acceptors (Lipinski definition) is 3. The number of rotatable bonds is 9. The van der Waals surface area contributed by atoms with Crippen molar-refractivity contribution >= 4 is 23.2 Å². The molecule has 0 aromatic heterocycles. The molecule has 0 aliphatic heterocycles. The Labute approximate surface area is 137 Å². The minimum absolute atomic E-state index is 0.222. The SMILES string of the molecule is CNC(CCN(CCOC)C1CC1)c1cccc(Cl)c1Cl. The Kier molecular flexibility index (Phi) is 6.77. The smallest absolute Gasteiger partial charge is 0.0640 e. The number of nitrogens with zero attached hydrogens (tertiary/aromatic N) is 1. The van der Waals surface area contributed by atoms with Gasteiger partial charge in [0.25, 0.3) is 0 Å². The molecular formula is C16H24Cl2N2O. The van der Waals surface area contributed by atoms with Crippen LogP contribution in [0.15, 0.2) is 18.2 Å². The number of hydrogen-bond donors (Lipinski definition) is 1. The zero-order valence-electron chi connectivity index (χ0n) is 12.7. The van der Waals surface area contributed by atoms with Crippen LogP contribution in [0.5, 0.6) is 0 Å². The Balaban J connectivity index is 1.96. The summed E-state index contributed by atoms with van der Waals surface area (Å²) in [5.74, 6) is 0. The maximum atomic E-state index is 6.33. The Morgan fingerprint density at radius 1 is 1.33 bits per heavy atom. The van der Waals surface area contributed by atoms with E-state index >= 15 is 0 Å². The van der Waals surface area contributed by atoms with Gasteiger partial charge in [0, 0.05) is 32.3 Å². The van der Waals surface area contributed by atoms with E-state index in [1.807, 2.05) is 25.2 Å². The van der Waals surface area contributed by atoms with Crippen molar-refractivity contribution in [2.45, 2.75) is 31.3 Å². The zero-order valence-corrected chi connectivity index (χ0v) is 14.3. The first kappa shape index (κ1) is 17.0. The molecule has 21 heavy (non-hydrogen) atoms. The van der Waals surface area contributed by atoms with E-state index in [9.17, 15) is 0 Å². The summed E-state index contributed by atoms with van der Waals surface area (Å²) in [5.41, 5.74) is 1.08. The first-order valence-corrected chi connectivity index (χ1v) is 8.27. The van der Waals surface area contributed by atoms with Gasteiger partial charge in [-0.3, -0.25) is 4.90 Å². The molecule has 0 amide bonds. The highest BCUT2D eigenvalue weighted by Crippen LogP contribution is 2.32. The highest BCUT2D eigenvalue weighted by atomic mass is 35.5. The van der Waals surface area contributed by atoms with Crippen LogP contribution in [-0.2, 0) is 4.74 Å². The third kappa shape index (κ3) is 4.83. The second kappa shape index (κ2) is 8.35. The third-order valence-electron chi connectivity index (χ3n) is 4.06. The van der Waals surface area contributed by atoms with Crippen molar-refractivity contribution in [3.05, 3.63) is 33.8 Å². The van der Waals surface area contributed by atoms with Gasteiger partial charge in [-0.1, -0.05) is 35.3 Å². The summed E-state index contributed by atoms with van der Waals surface area (Å²) in [6, 6.07) is 6.80. The van der Waals surface area contributed by atoms with Gasteiger partial charge in [-0.15, -0.1) is 0 Å². The minimum Gasteiger partial charge on any atom is -0.383 e. The van der Waals surface area contributed by atoms with Crippen LogP contribution in [-0.4, -0.2) is 44.8 Å². The predicted octanol–water partition coefficient (Wildman–Crippen LogP) is 3.75. The molecule has 118 valence electrons. The Bertz CT molecular complexity index is 452. The molecule has 0 radical (unpaired) electrons. The normalized spacial score (nSPS) is 16.4. The fraction of sp³-hybridized carbons (Fsp3) is 0.625. The lowest BCUT2D eigenvalue weighted by Gasteiger charge is -2.25. The summed E-state index contributed by atoms with van der Waals surface area (Å²) in [4.78, 5) is 2.52. The van der Waals surface area contributed by atoms with E-state index in [1.165, 1.54) is 12.8 Å². The molecule has 1 N–H and O–H groups in total. The molecule has 1 saturated carbocycles. The van der Waals surface area contributed by atoms with E-state index in [-0.39, 0.29) is 6.04 Å². The van der Waals surface area contributed by atoms with Gasteiger partial charge in [0.1, 0.15) is 0 Å². The van der Waals surface area contributed by atoms with E-state index in [4.69, 9.17) is 27.9 Å². The van der Waals surface area contributed by atoms with E-state index in [2.05, 4.69) is 10.2 Å². The number of benzene rings is 1. The van der Waals surface area contributed by atoms with Gasteiger partial charge in [0.05, 0.1) is 16.7 Å². The molecule has 0 spiro atoms. The van der Waals surface area contributed by atoms with Crippen molar-refractivity contribution in [2.75, 3.05) is 33.9 Å². The first-order valence-electron chi connectivity index (χ1n) is 7.51. The average Bonchev–Trinajstić information content (AvgIpc) is 3.31. The molecule has 1 aliphatic carbocycles. The fourth-order valence-corrected chi connectivity index (χ4v) is 3.10. The second-order valence-electron chi connectivity index (χ2n) is 5.53. The van der Waals surface area contributed by atoms with Crippen LogP contribution in [0.3, 0.4) is 0 Å². The molecule has 2 rings (SSSR count). The minimum atomic E-state index is 0.222. The van der Waals surface area contributed by atoms with E-state index < -0.39 is 0 Å². The molecule has 1 aromatic rings. The van der Waals surface area contributed by atoms with Crippen LogP contribution < -0.4 is 5.32 Å². The summed E-state index contributed by atoms with van der Waals surface area (Å²) in [5, 5.41) is 4.64. The summed E-state index contributed by atoms with van der Waals surface area (Å²) < 4.78 is 5.21. The monoisotopic (exact) mass is 330 g/mol. The Morgan fingerprint density at radius 3 is 2.71 bits per heavy atom. The zero-order chi connectivity index (χ0) is 15.2. The number of ether oxygens (including phenoxy) is 1. The summed E-state index contributed by atoms with van der Waals surface area (Å²) in [6.07, 6.45) is 3.63. The van der Waals surface area contributed by atoms with Gasteiger partial charge >= 0.3 is 0 Å². The summed E-state index contributed by atoms with van der Waals surface area (Å²) in [6.45, 7) is 2.84. The van der Waals surface area contributed by atoms with Crippen LogP contribution in [0.25, 0.3) is 0 Å². The molecule has 1 aliphatic rings. The van der Waals surface area contributed by atoms with Gasteiger partial charge in [-0.05, 0) is 37.9 Å². The third-order valence-corrected chi connectivity index (χ3v) is 4.89. The molecule has 1 fully saturated rings. The summed E-state index contributed by atoms with van der Waals surface area (Å²) in [7, 11) is 3.73. The van der Waals surface area contributed by atoms with Crippen LogP contribution in [0.2, 0.25) is 10.0 Å². The van der Waals surface area contributed by atoms with Crippen molar-refractivity contribution in [1.82, 2.24) is 10.2 Å². The molecule has 5 heteroatoms. The maximum absolute atomic E-state index is 6.33.